The first-order chi connectivity index (χ1) is 6.09. The minimum absolute atomic E-state index is 0.212. The fourth-order valence-electron chi connectivity index (χ4n) is 1.63. The van der Waals surface area contributed by atoms with Crippen molar-refractivity contribution in [3.05, 3.63) is 22.6 Å². The van der Waals surface area contributed by atoms with Crippen LogP contribution in [0.4, 0.5) is 3.89 Å². The van der Waals surface area contributed by atoms with Crippen molar-refractivity contribution in [2.75, 3.05) is 0 Å². The predicted molar refractivity (Wildman–Crippen MR) is 58.2 cm³/mol. The van der Waals surface area contributed by atoms with E-state index in [0.717, 1.165) is 24.2 Å². The Morgan fingerprint density at radius 1 is 1.54 bits per heavy atom. The molecule has 0 aromatic rings. The van der Waals surface area contributed by atoms with Gasteiger partial charge in [-0.3, -0.25) is 0 Å². The van der Waals surface area contributed by atoms with E-state index in [-0.39, 0.29) is 5.41 Å². The molecule has 13 heavy (non-hydrogen) atoms. The summed E-state index contributed by atoms with van der Waals surface area (Å²) in [6.07, 6.45) is 7.27. The van der Waals surface area contributed by atoms with E-state index < -0.39 is 0 Å². The first kappa shape index (κ1) is 10.8. The van der Waals surface area contributed by atoms with E-state index in [2.05, 4.69) is 26.8 Å². The Bertz CT molecular complexity index is 238. The molecule has 2 heteroatoms. The molecule has 1 rings (SSSR count). The molecular formula is C11H17FS. The van der Waals surface area contributed by atoms with Gasteiger partial charge in [0.25, 0.3) is 0 Å². The molecule has 1 aliphatic rings. The summed E-state index contributed by atoms with van der Waals surface area (Å²) in [5.41, 5.74) is 1.40. The Morgan fingerprint density at radius 3 is 2.77 bits per heavy atom. The van der Waals surface area contributed by atoms with Gasteiger partial charge >= 0.3 is 0 Å². The normalized spacial score (nSPS) is 20.9. The minimum Gasteiger partial charge on any atom is -0.160 e. The Labute approximate surface area is 84.6 Å². The molecular weight excluding hydrogens is 183 g/mol. The van der Waals surface area contributed by atoms with Crippen LogP contribution in [0.2, 0.25) is 0 Å². The molecule has 0 nitrogen and oxygen atoms in total. The highest BCUT2D eigenvalue weighted by atomic mass is 32.2. The number of hydrogen-bond donors (Lipinski definition) is 0. The molecule has 74 valence electrons. The SMILES string of the molecule is CCCC1=CC(C)(C)CC=C1SF. The third-order valence-corrected chi connectivity index (χ3v) is 2.89. The maximum Gasteiger partial charge on any atom is 0.0811 e. The molecule has 0 aliphatic heterocycles. The summed E-state index contributed by atoms with van der Waals surface area (Å²) in [5, 5.41) is 0. The quantitative estimate of drug-likeness (QED) is 0.639. The fraction of sp³-hybridized carbons (Fsp3) is 0.636. The Hall–Kier alpha value is -0.240. The zero-order valence-electron chi connectivity index (χ0n) is 8.56. The van der Waals surface area contributed by atoms with Crippen LogP contribution in [-0.2, 0) is 0 Å². The summed E-state index contributed by atoms with van der Waals surface area (Å²) >= 11 is 0.387. The standard InChI is InChI=1S/C11H17FS/c1-4-5-9-8-11(2,3)7-6-10(9)13-12/h6,8H,4-5,7H2,1-3H3. The summed E-state index contributed by atoms with van der Waals surface area (Å²) in [7, 11) is 0. The van der Waals surface area contributed by atoms with Crippen molar-refractivity contribution < 1.29 is 3.89 Å². The highest BCUT2D eigenvalue weighted by molar-refractivity contribution is 7.98. The second kappa shape index (κ2) is 4.32. The second-order valence-corrected chi connectivity index (χ2v) is 4.85. The van der Waals surface area contributed by atoms with Crippen LogP contribution in [0.25, 0.3) is 0 Å². The molecule has 0 fully saturated rings. The monoisotopic (exact) mass is 200 g/mol. The summed E-state index contributed by atoms with van der Waals surface area (Å²) < 4.78 is 12.5. The fourth-order valence-corrected chi connectivity index (χ4v) is 2.04. The van der Waals surface area contributed by atoms with E-state index in [1.807, 2.05) is 6.08 Å². The highest BCUT2D eigenvalue weighted by Crippen LogP contribution is 2.39. The second-order valence-electron chi connectivity index (χ2n) is 4.26. The number of hydrogen-bond acceptors (Lipinski definition) is 1. The van der Waals surface area contributed by atoms with Gasteiger partial charge in [-0.15, -0.1) is 0 Å². The highest BCUT2D eigenvalue weighted by Gasteiger charge is 2.21. The molecule has 0 amide bonds. The molecule has 0 heterocycles. The van der Waals surface area contributed by atoms with Crippen molar-refractivity contribution in [2.45, 2.75) is 40.0 Å². The van der Waals surface area contributed by atoms with E-state index in [0.29, 0.717) is 12.1 Å². The average molecular weight is 200 g/mol. The molecule has 0 radical (unpaired) electrons. The Balaban J connectivity index is 2.82. The molecule has 0 aromatic heterocycles. The van der Waals surface area contributed by atoms with Gasteiger partial charge in [-0.1, -0.05) is 39.3 Å². The summed E-state index contributed by atoms with van der Waals surface area (Å²) in [4.78, 5) is 0.834. The first-order valence-corrected chi connectivity index (χ1v) is 5.51. The van der Waals surface area contributed by atoms with Crippen molar-refractivity contribution in [1.82, 2.24) is 0 Å². The average Bonchev–Trinajstić information content (AvgIpc) is 2.04. The van der Waals surface area contributed by atoms with E-state index in [9.17, 15) is 3.89 Å². The van der Waals surface area contributed by atoms with Gasteiger partial charge in [-0.05, 0) is 23.8 Å². The van der Waals surface area contributed by atoms with Crippen LogP contribution in [-0.4, -0.2) is 0 Å². The van der Waals surface area contributed by atoms with Gasteiger partial charge in [-0.2, -0.15) is 3.89 Å². The first-order valence-electron chi connectivity index (χ1n) is 4.80. The van der Waals surface area contributed by atoms with E-state index in [4.69, 9.17) is 0 Å². The lowest BCUT2D eigenvalue weighted by Gasteiger charge is -2.25. The lowest BCUT2D eigenvalue weighted by Crippen LogP contribution is -2.11. The van der Waals surface area contributed by atoms with Gasteiger partial charge in [0.2, 0.25) is 0 Å². The van der Waals surface area contributed by atoms with Crippen molar-refractivity contribution in [1.29, 1.82) is 0 Å². The Morgan fingerprint density at radius 2 is 2.23 bits per heavy atom. The van der Waals surface area contributed by atoms with Gasteiger partial charge in [0, 0.05) is 4.91 Å². The van der Waals surface area contributed by atoms with Gasteiger partial charge in [0.1, 0.15) is 0 Å². The van der Waals surface area contributed by atoms with Crippen LogP contribution in [0.15, 0.2) is 22.6 Å². The van der Waals surface area contributed by atoms with Crippen LogP contribution in [0.1, 0.15) is 40.0 Å². The molecule has 0 saturated heterocycles. The molecule has 0 bridgehead atoms. The van der Waals surface area contributed by atoms with Gasteiger partial charge in [0.05, 0.1) is 12.1 Å². The maximum atomic E-state index is 12.5. The summed E-state index contributed by atoms with van der Waals surface area (Å²) in [6, 6.07) is 0. The lowest BCUT2D eigenvalue weighted by atomic mass is 9.82. The van der Waals surface area contributed by atoms with Crippen LogP contribution in [0.5, 0.6) is 0 Å². The van der Waals surface area contributed by atoms with Crippen LogP contribution in [0, 0.1) is 5.41 Å². The largest absolute Gasteiger partial charge is 0.160 e. The van der Waals surface area contributed by atoms with E-state index in [1.165, 1.54) is 5.57 Å². The smallest absolute Gasteiger partial charge is 0.0811 e. The van der Waals surface area contributed by atoms with Crippen LogP contribution < -0.4 is 0 Å². The summed E-state index contributed by atoms with van der Waals surface area (Å²) in [6.45, 7) is 6.51. The number of halogens is 1. The molecule has 0 N–H and O–H groups in total. The van der Waals surface area contributed by atoms with Gasteiger partial charge in [0.15, 0.2) is 0 Å². The van der Waals surface area contributed by atoms with Gasteiger partial charge < -0.3 is 0 Å². The number of allylic oxidation sites excluding steroid dienone is 3. The van der Waals surface area contributed by atoms with Crippen LogP contribution in [0.3, 0.4) is 0 Å². The summed E-state index contributed by atoms with van der Waals surface area (Å²) in [5.74, 6) is 0. The van der Waals surface area contributed by atoms with Crippen LogP contribution >= 0.6 is 12.1 Å². The maximum absolute atomic E-state index is 12.5. The van der Waals surface area contributed by atoms with E-state index >= 15 is 0 Å². The predicted octanol–water partition coefficient (Wildman–Crippen LogP) is 4.64. The molecule has 0 saturated carbocycles. The third kappa shape index (κ3) is 2.87. The Kier molecular flexibility index (Phi) is 3.60. The van der Waals surface area contributed by atoms with E-state index in [1.54, 1.807) is 0 Å². The van der Waals surface area contributed by atoms with Crippen molar-refractivity contribution in [3.63, 3.8) is 0 Å². The van der Waals surface area contributed by atoms with Crippen molar-refractivity contribution >= 4 is 12.1 Å². The van der Waals surface area contributed by atoms with Crippen molar-refractivity contribution in [3.8, 4) is 0 Å². The van der Waals surface area contributed by atoms with Gasteiger partial charge in [-0.25, -0.2) is 0 Å². The molecule has 0 unspecified atom stereocenters. The molecule has 0 spiro atoms. The van der Waals surface area contributed by atoms with Crippen molar-refractivity contribution in [2.24, 2.45) is 5.41 Å². The topological polar surface area (TPSA) is 0 Å². The lowest BCUT2D eigenvalue weighted by molar-refractivity contribution is 0.477. The third-order valence-electron chi connectivity index (χ3n) is 2.30. The molecule has 0 atom stereocenters. The zero-order chi connectivity index (χ0) is 9.90. The molecule has 0 aromatic carbocycles. The molecule has 1 aliphatic carbocycles. The number of rotatable bonds is 3. The minimum atomic E-state index is 0.212. The zero-order valence-corrected chi connectivity index (χ0v) is 9.38.